The zero-order valence-corrected chi connectivity index (χ0v) is 10.5. The van der Waals surface area contributed by atoms with E-state index in [4.69, 9.17) is 10.00 Å². The Morgan fingerprint density at radius 1 is 1.44 bits per heavy atom. The van der Waals surface area contributed by atoms with Crippen LogP contribution in [0.5, 0.6) is 0 Å². The lowest BCUT2D eigenvalue weighted by Crippen LogP contribution is -2.38. The summed E-state index contributed by atoms with van der Waals surface area (Å²) in [6.45, 7) is 4.92. The van der Waals surface area contributed by atoms with Crippen LogP contribution in [0, 0.1) is 16.7 Å². The van der Waals surface area contributed by atoms with Crippen LogP contribution in [0.4, 0.5) is 0 Å². The highest BCUT2D eigenvalue weighted by molar-refractivity contribution is 5.84. The lowest BCUT2D eigenvalue weighted by atomic mass is 9.88. The van der Waals surface area contributed by atoms with Gasteiger partial charge in [-0.3, -0.25) is 4.79 Å². The van der Waals surface area contributed by atoms with E-state index in [0.29, 0.717) is 13.0 Å². The predicted molar refractivity (Wildman–Crippen MR) is 62.7 cm³/mol. The topological polar surface area (TPSA) is 62.1 Å². The van der Waals surface area contributed by atoms with Crippen LogP contribution in [-0.2, 0) is 9.53 Å². The Hall–Kier alpha value is -1.08. The summed E-state index contributed by atoms with van der Waals surface area (Å²) in [5, 5.41) is 11.7. The molecule has 1 atom stereocenters. The molecule has 0 saturated heterocycles. The molecule has 0 bridgehead atoms. The summed E-state index contributed by atoms with van der Waals surface area (Å²) in [6, 6.07) is 2.06. The number of rotatable bonds is 8. The maximum atomic E-state index is 11.7. The number of amides is 1. The van der Waals surface area contributed by atoms with Crippen molar-refractivity contribution in [1.82, 2.24) is 5.32 Å². The van der Waals surface area contributed by atoms with Gasteiger partial charge in [0.05, 0.1) is 6.07 Å². The van der Waals surface area contributed by atoms with Gasteiger partial charge in [-0.2, -0.15) is 5.26 Å². The minimum absolute atomic E-state index is 0.163. The van der Waals surface area contributed by atoms with Crippen LogP contribution in [0.1, 0.15) is 39.5 Å². The number of nitriles is 1. The molecule has 0 radical (unpaired) electrons. The molecule has 0 aliphatic rings. The van der Waals surface area contributed by atoms with Crippen molar-refractivity contribution in [2.24, 2.45) is 5.41 Å². The molecule has 0 aliphatic heterocycles. The molecular weight excluding hydrogens is 204 g/mol. The van der Waals surface area contributed by atoms with Gasteiger partial charge in [0.15, 0.2) is 0 Å². The number of carbonyl (C=O) groups excluding carboxylic acids is 1. The van der Waals surface area contributed by atoms with Crippen LogP contribution in [0.25, 0.3) is 0 Å². The summed E-state index contributed by atoms with van der Waals surface area (Å²) in [4.78, 5) is 11.7. The average Bonchev–Trinajstić information content (AvgIpc) is 2.32. The molecule has 0 heterocycles. The summed E-state index contributed by atoms with van der Waals surface area (Å²) in [5.74, 6) is -0.163. The Labute approximate surface area is 98.0 Å². The van der Waals surface area contributed by atoms with Crippen LogP contribution >= 0.6 is 0 Å². The van der Waals surface area contributed by atoms with Gasteiger partial charge in [0.25, 0.3) is 0 Å². The monoisotopic (exact) mass is 226 g/mol. The standard InChI is InChI=1S/C12H22N2O2/c1-4-12(2,10-13)11(15)14-8-6-5-7-9-16-3/h4-9H2,1-3H3,(H,14,15). The molecule has 16 heavy (non-hydrogen) atoms. The molecule has 0 aliphatic carbocycles. The van der Waals surface area contributed by atoms with Crippen LogP contribution in [0.2, 0.25) is 0 Å². The van der Waals surface area contributed by atoms with Crippen molar-refractivity contribution in [3.05, 3.63) is 0 Å². The van der Waals surface area contributed by atoms with E-state index in [1.165, 1.54) is 0 Å². The number of nitrogens with one attached hydrogen (secondary N) is 1. The average molecular weight is 226 g/mol. The summed E-state index contributed by atoms with van der Waals surface area (Å²) in [6.07, 6.45) is 3.51. The van der Waals surface area contributed by atoms with Crippen molar-refractivity contribution in [1.29, 1.82) is 5.26 Å². The van der Waals surface area contributed by atoms with Crippen molar-refractivity contribution >= 4 is 5.91 Å². The van der Waals surface area contributed by atoms with E-state index < -0.39 is 5.41 Å². The van der Waals surface area contributed by atoms with Crippen LogP contribution in [0.3, 0.4) is 0 Å². The maximum absolute atomic E-state index is 11.7. The Kier molecular flexibility index (Phi) is 7.57. The Balaban J connectivity index is 3.70. The van der Waals surface area contributed by atoms with Crippen LogP contribution in [-0.4, -0.2) is 26.2 Å². The van der Waals surface area contributed by atoms with Gasteiger partial charge in [-0.25, -0.2) is 0 Å². The molecule has 4 heteroatoms. The lowest BCUT2D eigenvalue weighted by Gasteiger charge is -2.18. The first-order valence-corrected chi connectivity index (χ1v) is 5.79. The minimum Gasteiger partial charge on any atom is -0.385 e. The second-order valence-electron chi connectivity index (χ2n) is 4.11. The third kappa shape index (κ3) is 5.13. The van der Waals surface area contributed by atoms with Gasteiger partial charge in [-0.15, -0.1) is 0 Å². The summed E-state index contributed by atoms with van der Waals surface area (Å²) in [7, 11) is 1.68. The molecule has 1 unspecified atom stereocenters. The van der Waals surface area contributed by atoms with Crippen molar-refractivity contribution in [3.63, 3.8) is 0 Å². The molecule has 0 aromatic carbocycles. The van der Waals surface area contributed by atoms with Gasteiger partial charge in [-0.05, 0) is 32.6 Å². The van der Waals surface area contributed by atoms with E-state index in [-0.39, 0.29) is 5.91 Å². The highest BCUT2D eigenvalue weighted by Gasteiger charge is 2.30. The van der Waals surface area contributed by atoms with Crippen molar-refractivity contribution in [2.75, 3.05) is 20.3 Å². The Morgan fingerprint density at radius 3 is 2.62 bits per heavy atom. The molecule has 0 aromatic rings. The fraction of sp³-hybridized carbons (Fsp3) is 0.833. The quantitative estimate of drug-likeness (QED) is 0.642. The number of hydrogen-bond acceptors (Lipinski definition) is 3. The first-order chi connectivity index (χ1) is 7.60. The number of methoxy groups -OCH3 is 1. The molecule has 1 N–H and O–H groups in total. The molecule has 0 fully saturated rings. The van der Waals surface area contributed by atoms with Crippen LogP contribution < -0.4 is 5.32 Å². The zero-order valence-electron chi connectivity index (χ0n) is 10.5. The largest absolute Gasteiger partial charge is 0.385 e. The van der Waals surface area contributed by atoms with E-state index in [9.17, 15) is 4.79 Å². The first-order valence-electron chi connectivity index (χ1n) is 5.79. The Morgan fingerprint density at radius 2 is 2.12 bits per heavy atom. The molecular formula is C12H22N2O2. The molecule has 4 nitrogen and oxygen atoms in total. The number of carbonyl (C=O) groups is 1. The molecule has 1 amide bonds. The van der Waals surface area contributed by atoms with E-state index in [0.717, 1.165) is 25.9 Å². The van der Waals surface area contributed by atoms with Gasteiger partial charge in [0.2, 0.25) is 5.91 Å². The smallest absolute Gasteiger partial charge is 0.240 e. The highest BCUT2D eigenvalue weighted by Crippen LogP contribution is 2.19. The molecule has 0 rings (SSSR count). The minimum atomic E-state index is -0.882. The van der Waals surface area contributed by atoms with Gasteiger partial charge < -0.3 is 10.1 Å². The lowest BCUT2D eigenvalue weighted by molar-refractivity contribution is -0.127. The zero-order chi connectivity index (χ0) is 12.4. The van der Waals surface area contributed by atoms with Crippen LogP contribution in [0.15, 0.2) is 0 Å². The fourth-order valence-corrected chi connectivity index (χ4v) is 1.24. The van der Waals surface area contributed by atoms with E-state index in [1.54, 1.807) is 14.0 Å². The van der Waals surface area contributed by atoms with E-state index in [1.807, 2.05) is 6.92 Å². The molecule has 0 aromatic heterocycles. The van der Waals surface area contributed by atoms with Gasteiger partial charge in [0, 0.05) is 20.3 Å². The SMILES string of the molecule is CCC(C)(C#N)C(=O)NCCCCCOC. The fourth-order valence-electron chi connectivity index (χ4n) is 1.24. The van der Waals surface area contributed by atoms with E-state index in [2.05, 4.69) is 11.4 Å². The van der Waals surface area contributed by atoms with Crippen molar-refractivity contribution < 1.29 is 9.53 Å². The third-order valence-electron chi connectivity index (χ3n) is 2.77. The molecule has 0 spiro atoms. The van der Waals surface area contributed by atoms with Gasteiger partial charge in [-0.1, -0.05) is 6.92 Å². The van der Waals surface area contributed by atoms with Crippen molar-refractivity contribution in [3.8, 4) is 6.07 Å². The van der Waals surface area contributed by atoms with E-state index >= 15 is 0 Å². The first kappa shape index (κ1) is 14.9. The number of nitrogens with zero attached hydrogens (tertiary/aromatic N) is 1. The number of ether oxygens (including phenoxy) is 1. The van der Waals surface area contributed by atoms with Gasteiger partial charge >= 0.3 is 0 Å². The maximum Gasteiger partial charge on any atom is 0.240 e. The van der Waals surface area contributed by atoms with Gasteiger partial charge in [0.1, 0.15) is 5.41 Å². The summed E-state index contributed by atoms with van der Waals surface area (Å²) < 4.78 is 4.93. The number of unbranched alkanes of at least 4 members (excludes halogenated alkanes) is 2. The third-order valence-corrected chi connectivity index (χ3v) is 2.77. The van der Waals surface area contributed by atoms with Crippen molar-refractivity contribution in [2.45, 2.75) is 39.5 Å². The summed E-state index contributed by atoms with van der Waals surface area (Å²) >= 11 is 0. The second kappa shape index (κ2) is 8.12. The number of hydrogen-bond donors (Lipinski definition) is 1. The summed E-state index contributed by atoms with van der Waals surface area (Å²) in [5.41, 5.74) is -0.882. The highest BCUT2D eigenvalue weighted by atomic mass is 16.5. The molecule has 92 valence electrons. The molecule has 0 saturated carbocycles. The second-order valence-corrected chi connectivity index (χ2v) is 4.11. The Bertz CT molecular complexity index is 248. The normalized spacial score (nSPS) is 13.9. The predicted octanol–water partition coefficient (Wildman–Crippen LogP) is 1.86.